The number of hydrogen-bond acceptors (Lipinski definition) is 3. The zero-order chi connectivity index (χ0) is 18.4. The van der Waals surface area contributed by atoms with Gasteiger partial charge in [-0.25, -0.2) is 8.78 Å². The number of aryl methyl sites for hydroxylation is 1. The van der Waals surface area contributed by atoms with Crippen molar-refractivity contribution in [1.82, 2.24) is 10.9 Å². The maximum Gasteiger partial charge on any atom is 0.279 e. The van der Waals surface area contributed by atoms with Gasteiger partial charge in [-0.3, -0.25) is 15.6 Å². The number of nitrogens with one attached hydrogen (secondary N) is 3. The molecule has 1 amide bonds. The summed E-state index contributed by atoms with van der Waals surface area (Å²) in [6, 6.07) is 9.88. The Bertz CT molecular complexity index is 769. The number of halogens is 2. The average Bonchev–Trinajstić information content (AvgIpc) is 2.58. The van der Waals surface area contributed by atoms with Crippen LogP contribution < -0.4 is 20.9 Å². The summed E-state index contributed by atoms with van der Waals surface area (Å²) < 4.78 is 31.7. The Kier molecular flexibility index (Phi) is 6.24. The summed E-state index contributed by atoms with van der Waals surface area (Å²) in [7, 11) is 0. The van der Waals surface area contributed by atoms with Gasteiger partial charge in [0.25, 0.3) is 5.91 Å². The van der Waals surface area contributed by atoms with Crippen molar-refractivity contribution in [3.8, 4) is 5.75 Å². The van der Waals surface area contributed by atoms with Gasteiger partial charge in [0.05, 0.1) is 0 Å². The molecule has 2 rings (SSSR count). The van der Waals surface area contributed by atoms with Crippen molar-refractivity contribution in [3.63, 3.8) is 0 Å². The van der Waals surface area contributed by atoms with Gasteiger partial charge in [0, 0.05) is 5.69 Å². The molecule has 25 heavy (non-hydrogen) atoms. The molecule has 0 radical (unpaired) electrons. The quantitative estimate of drug-likeness (QED) is 0.574. The predicted molar refractivity (Wildman–Crippen MR) is 95.1 cm³/mol. The molecule has 1 atom stereocenters. The van der Waals surface area contributed by atoms with E-state index in [1.54, 1.807) is 19.1 Å². The molecule has 0 unspecified atom stereocenters. The lowest BCUT2D eigenvalue weighted by Crippen LogP contribution is -2.48. The fraction of sp³-hybridized carbons (Fsp3) is 0.176. The van der Waals surface area contributed by atoms with Crippen LogP contribution in [0.2, 0.25) is 0 Å². The normalized spacial score (nSPS) is 11.4. The van der Waals surface area contributed by atoms with Crippen molar-refractivity contribution in [3.05, 3.63) is 59.7 Å². The van der Waals surface area contributed by atoms with Gasteiger partial charge in [-0.15, -0.1) is 0 Å². The highest BCUT2D eigenvalue weighted by molar-refractivity contribution is 7.80. The second-order valence-corrected chi connectivity index (χ2v) is 5.65. The smallest absolute Gasteiger partial charge is 0.279 e. The number of hydrazine groups is 1. The third kappa shape index (κ3) is 5.68. The summed E-state index contributed by atoms with van der Waals surface area (Å²) >= 11 is 5.02. The van der Waals surface area contributed by atoms with Gasteiger partial charge in [-0.2, -0.15) is 0 Å². The van der Waals surface area contributed by atoms with Crippen molar-refractivity contribution in [2.45, 2.75) is 20.0 Å². The molecular formula is C17H17F2N3O2S. The van der Waals surface area contributed by atoms with E-state index in [2.05, 4.69) is 16.2 Å². The molecule has 0 heterocycles. The van der Waals surface area contributed by atoms with Gasteiger partial charge in [-0.1, -0.05) is 6.07 Å². The number of amides is 1. The molecule has 0 saturated carbocycles. The third-order valence-corrected chi connectivity index (χ3v) is 3.43. The average molecular weight is 365 g/mol. The molecule has 132 valence electrons. The van der Waals surface area contributed by atoms with E-state index in [4.69, 9.17) is 17.0 Å². The molecule has 2 aromatic carbocycles. The van der Waals surface area contributed by atoms with Gasteiger partial charge in [0.2, 0.25) is 0 Å². The van der Waals surface area contributed by atoms with E-state index in [1.807, 2.05) is 0 Å². The number of carbonyl (C=O) groups excluding carboxylic acids is 1. The molecule has 0 aliphatic carbocycles. The maximum atomic E-state index is 13.5. The number of carbonyl (C=O) groups is 1. The molecule has 3 N–H and O–H groups in total. The first kappa shape index (κ1) is 18.6. The molecule has 0 saturated heterocycles. The first-order valence-electron chi connectivity index (χ1n) is 7.40. The molecule has 0 aromatic heterocycles. The van der Waals surface area contributed by atoms with Crippen LogP contribution in [-0.2, 0) is 4.79 Å². The number of rotatable bonds is 4. The van der Waals surface area contributed by atoms with Gasteiger partial charge in [0.15, 0.2) is 11.2 Å². The Morgan fingerprint density at radius 2 is 1.80 bits per heavy atom. The van der Waals surface area contributed by atoms with Crippen LogP contribution in [0.25, 0.3) is 0 Å². The van der Waals surface area contributed by atoms with Gasteiger partial charge in [-0.05, 0) is 68.0 Å². The summed E-state index contributed by atoms with van der Waals surface area (Å²) in [6.45, 7) is 3.19. The fourth-order valence-corrected chi connectivity index (χ4v) is 1.99. The number of benzene rings is 2. The first-order valence-corrected chi connectivity index (χ1v) is 7.81. The topological polar surface area (TPSA) is 62.4 Å². The fourth-order valence-electron chi connectivity index (χ4n) is 1.82. The summed E-state index contributed by atoms with van der Waals surface area (Å²) in [5.74, 6) is -0.878. The maximum absolute atomic E-state index is 13.5. The Hall–Kier alpha value is -2.74. The van der Waals surface area contributed by atoms with Gasteiger partial charge >= 0.3 is 0 Å². The largest absolute Gasteiger partial charge is 0.481 e. The van der Waals surface area contributed by atoms with Crippen LogP contribution in [0.4, 0.5) is 14.5 Å². The molecular weight excluding hydrogens is 348 g/mol. The summed E-state index contributed by atoms with van der Waals surface area (Å²) in [5.41, 5.74) is 5.84. The molecule has 0 bridgehead atoms. The van der Waals surface area contributed by atoms with Crippen LogP contribution in [0.3, 0.4) is 0 Å². The standard InChI is InChI=1S/C17H17F2N3O2S/c1-10-3-6-13(9-15(10)19)20-17(25)22-21-16(23)11(2)24-14-7-4-12(18)5-8-14/h3-9,11H,1-2H3,(H,21,23)(H2,20,22,25)/t11-/m1/s1. The second kappa shape index (κ2) is 8.39. The molecule has 8 heteroatoms. The Labute approximate surface area is 149 Å². The summed E-state index contributed by atoms with van der Waals surface area (Å²) in [5, 5.41) is 2.83. The van der Waals surface area contributed by atoms with Crippen LogP contribution >= 0.6 is 12.2 Å². The highest BCUT2D eigenvalue weighted by Gasteiger charge is 2.15. The van der Waals surface area contributed by atoms with E-state index in [0.717, 1.165) is 0 Å². The van der Waals surface area contributed by atoms with Crippen molar-refractivity contribution in [2.75, 3.05) is 5.32 Å². The molecule has 2 aromatic rings. The van der Waals surface area contributed by atoms with Crippen molar-refractivity contribution in [1.29, 1.82) is 0 Å². The van der Waals surface area contributed by atoms with Crippen molar-refractivity contribution in [2.24, 2.45) is 0 Å². The third-order valence-electron chi connectivity index (χ3n) is 3.22. The highest BCUT2D eigenvalue weighted by Crippen LogP contribution is 2.14. The van der Waals surface area contributed by atoms with Crippen LogP contribution in [0.15, 0.2) is 42.5 Å². The Morgan fingerprint density at radius 3 is 2.44 bits per heavy atom. The van der Waals surface area contributed by atoms with Gasteiger partial charge in [0.1, 0.15) is 17.4 Å². The van der Waals surface area contributed by atoms with Crippen LogP contribution in [0.1, 0.15) is 12.5 Å². The van der Waals surface area contributed by atoms with E-state index in [-0.39, 0.29) is 10.9 Å². The van der Waals surface area contributed by atoms with Crippen LogP contribution in [0.5, 0.6) is 5.75 Å². The summed E-state index contributed by atoms with van der Waals surface area (Å²) in [4.78, 5) is 11.9. The summed E-state index contributed by atoms with van der Waals surface area (Å²) in [6.07, 6.45) is -0.836. The minimum absolute atomic E-state index is 0.0885. The number of hydrogen-bond donors (Lipinski definition) is 3. The molecule has 0 aliphatic rings. The molecule has 0 fully saturated rings. The van der Waals surface area contributed by atoms with E-state index in [1.165, 1.54) is 37.3 Å². The van der Waals surface area contributed by atoms with Crippen LogP contribution in [0, 0.1) is 18.6 Å². The zero-order valence-corrected chi connectivity index (χ0v) is 14.4. The monoisotopic (exact) mass is 365 g/mol. The Balaban J connectivity index is 1.80. The zero-order valence-electron chi connectivity index (χ0n) is 13.6. The second-order valence-electron chi connectivity index (χ2n) is 5.25. The minimum atomic E-state index is -0.836. The molecule has 5 nitrogen and oxygen atoms in total. The van der Waals surface area contributed by atoms with Crippen LogP contribution in [-0.4, -0.2) is 17.1 Å². The van der Waals surface area contributed by atoms with Gasteiger partial charge < -0.3 is 10.1 Å². The molecule has 0 spiro atoms. The van der Waals surface area contributed by atoms with E-state index < -0.39 is 17.8 Å². The first-order chi connectivity index (χ1) is 11.8. The van der Waals surface area contributed by atoms with Crippen molar-refractivity contribution >= 4 is 28.9 Å². The molecule has 0 aliphatic heterocycles. The lowest BCUT2D eigenvalue weighted by molar-refractivity contribution is -0.127. The highest BCUT2D eigenvalue weighted by atomic mass is 32.1. The minimum Gasteiger partial charge on any atom is -0.481 e. The number of ether oxygens (including phenoxy) is 1. The number of anilines is 1. The SMILES string of the molecule is Cc1ccc(NC(=S)NNC(=O)[C@@H](C)Oc2ccc(F)cc2)cc1F. The predicted octanol–water partition coefficient (Wildman–Crippen LogP) is 3.06. The number of thiocarbonyl (C=S) groups is 1. The van der Waals surface area contributed by atoms with E-state index >= 15 is 0 Å². The van der Waals surface area contributed by atoms with Crippen molar-refractivity contribution < 1.29 is 18.3 Å². The lowest BCUT2D eigenvalue weighted by atomic mass is 10.2. The van der Waals surface area contributed by atoms with E-state index in [9.17, 15) is 13.6 Å². The Morgan fingerprint density at radius 1 is 1.12 bits per heavy atom. The lowest BCUT2D eigenvalue weighted by Gasteiger charge is -2.16. The van der Waals surface area contributed by atoms with E-state index in [0.29, 0.717) is 17.0 Å².